The topological polar surface area (TPSA) is 46.9 Å². The van der Waals surface area contributed by atoms with Crippen molar-refractivity contribution in [1.82, 2.24) is 9.78 Å². The van der Waals surface area contributed by atoms with Gasteiger partial charge in [-0.3, -0.25) is 4.79 Å². The standard InChI is InChI=1S/C16H24ClN3O/c1-11-2-4-12(5-3-11)8-18-15-14(17)9-19-20(16(15)21)10-13-6-7-13/h9,11-13,18H,2-8,10H2,1H3. The van der Waals surface area contributed by atoms with Crippen LogP contribution in [0.3, 0.4) is 0 Å². The lowest BCUT2D eigenvalue weighted by atomic mass is 9.83. The molecule has 0 bridgehead atoms. The highest BCUT2D eigenvalue weighted by atomic mass is 35.5. The average Bonchev–Trinajstić information content (AvgIpc) is 3.28. The Balaban J connectivity index is 1.65. The molecule has 0 radical (unpaired) electrons. The Morgan fingerprint density at radius 2 is 1.90 bits per heavy atom. The van der Waals surface area contributed by atoms with Crippen LogP contribution in [0, 0.1) is 17.8 Å². The summed E-state index contributed by atoms with van der Waals surface area (Å²) in [6.45, 7) is 3.89. The van der Waals surface area contributed by atoms with E-state index in [2.05, 4.69) is 17.3 Å². The average molecular weight is 310 g/mol. The van der Waals surface area contributed by atoms with Gasteiger partial charge in [-0.15, -0.1) is 0 Å². The third-order valence-electron chi connectivity index (χ3n) is 4.83. The minimum absolute atomic E-state index is 0.0708. The van der Waals surface area contributed by atoms with Crippen molar-refractivity contribution < 1.29 is 0 Å². The van der Waals surface area contributed by atoms with Crippen LogP contribution < -0.4 is 10.9 Å². The molecular weight excluding hydrogens is 286 g/mol. The molecule has 2 aliphatic rings. The number of hydrogen-bond donors (Lipinski definition) is 1. The maximum Gasteiger partial charge on any atom is 0.291 e. The van der Waals surface area contributed by atoms with Gasteiger partial charge in [-0.25, -0.2) is 4.68 Å². The first-order valence-electron chi connectivity index (χ1n) is 8.13. The van der Waals surface area contributed by atoms with Crippen LogP contribution in [0.15, 0.2) is 11.0 Å². The molecule has 0 spiro atoms. The number of rotatable bonds is 5. The highest BCUT2D eigenvalue weighted by molar-refractivity contribution is 6.32. The van der Waals surface area contributed by atoms with Crippen LogP contribution >= 0.6 is 11.6 Å². The van der Waals surface area contributed by atoms with E-state index in [1.54, 1.807) is 10.9 Å². The van der Waals surface area contributed by atoms with Crippen molar-refractivity contribution in [3.8, 4) is 0 Å². The summed E-state index contributed by atoms with van der Waals surface area (Å²) in [6.07, 6.45) is 9.08. The maximum absolute atomic E-state index is 12.4. The normalized spacial score (nSPS) is 25.8. The number of aromatic nitrogens is 2. The Labute approximate surface area is 130 Å². The fraction of sp³-hybridized carbons (Fsp3) is 0.750. The van der Waals surface area contributed by atoms with Crippen LogP contribution in [0.5, 0.6) is 0 Å². The van der Waals surface area contributed by atoms with E-state index in [4.69, 9.17) is 11.6 Å². The smallest absolute Gasteiger partial charge is 0.291 e. The second kappa shape index (κ2) is 6.39. The second-order valence-electron chi connectivity index (χ2n) is 6.80. The minimum Gasteiger partial charge on any atom is -0.379 e. The molecule has 3 rings (SSSR count). The third-order valence-corrected chi connectivity index (χ3v) is 5.12. The van der Waals surface area contributed by atoms with Gasteiger partial charge in [-0.05, 0) is 43.4 Å². The van der Waals surface area contributed by atoms with E-state index in [0.717, 1.165) is 19.0 Å². The molecule has 1 N–H and O–H groups in total. The van der Waals surface area contributed by atoms with Gasteiger partial charge in [-0.2, -0.15) is 5.10 Å². The lowest BCUT2D eigenvalue weighted by molar-refractivity contribution is 0.300. The fourth-order valence-electron chi connectivity index (χ4n) is 3.08. The molecule has 2 saturated carbocycles. The van der Waals surface area contributed by atoms with Gasteiger partial charge in [0.25, 0.3) is 5.56 Å². The summed E-state index contributed by atoms with van der Waals surface area (Å²) in [4.78, 5) is 12.4. The summed E-state index contributed by atoms with van der Waals surface area (Å²) in [5.74, 6) is 2.13. The van der Waals surface area contributed by atoms with E-state index in [9.17, 15) is 4.79 Å². The quantitative estimate of drug-likeness (QED) is 0.905. The molecule has 0 aliphatic heterocycles. The summed E-state index contributed by atoms with van der Waals surface area (Å²) >= 11 is 6.16. The molecule has 5 heteroatoms. The number of hydrogen-bond acceptors (Lipinski definition) is 3. The van der Waals surface area contributed by atoms with Crippen molar-refractivity contribution in [2.24, 2.45) is 17.8 Å². The molecule has 1 heterocycles. The fourth-order valence-corrected chi connectivity index (χ4v) is 3.27. The Morgan fingerprint density at radius 3 is 2.57 bits per heavy atom. The molecule has 0 amide bonds. The van der Waals surface area contributed by atoms with Crippen molar-refractivity contribution in [3.05, 3.63) is 21.6 Å². The number of anilines is 1. The molecule has 0 unspecified atom stereocenters. The molecule has 2 aliphatic carbocycles. The molecule has 2 fully saturated rings. The van der Waals surface area contributed by atoms with Crippen LogP contribution in [-0.4, -0.2) is 16.3 Å². The molecule has 21 heavy (non-hydrogen) atoms. The molecule has 0 atom stereocenters. The first kappa shape index (κ1) is 14.9. The molecule has 116 valence electrons. The van der Waals surface area contributed by atoms with Crippen LogP contribution in [0.4, 0.5) is 5.69 Å². The van der Waals surface area contributed by atoms with Crippen molar-refractivity contribution in [1.29, 1.82) is 0 Å². The lowest BCUT2D eigenvalue weighted by Gasteiger charge is -2.26. The first-order valence-corrected chi connectivity index (χ1v) is 8.50. The zero-order chi connectivity index (χ0) is 14.8. The SMILES string of the molecule is CC1CCC(CNc2c(Cl)cnn(CC3CC3)c2=O)CC1. The Bertz CT molecular complexity index is 545. The predicted octanol–water partition coefficient (Wildman–Crippen LogP) is 3.54. The van der Waals surface area contributed by atoms with E-state index < -0.39 is 0 Å². The van der Waals surface area contributed by atoms with E-state index in [0.29, 0.717) is 22.5 Å². The van der Waals surface area contributed by atoms with Gasteiger partial charge < -0.3 is 5.32 Å². The monoisotopic (exact) mass is 309 g/mol. The summed E-state index contributed by atoms with van der Waals surface area (Å²) in [5, 5.41) is 7.89. The summed E-state index contributed by atoms with van der Waals surface area (Å²) < 4.78 is 1.56. The maximum atomic E-state index is 12.4. The molecule has 1 aromatic heterocycles. The highest BCUT2D eigenvalue weighted by Gasteiger charge is 2.24. The van der Waals surface area contributed by atoms with E-state index in [-0.39, 0.29) is 5.56 Å². The van der Waals surface area contributed by atoms with Crippen molar-refractivity contribution in [2.75, 3.05) is 11.9 Å². The number of nitrogens with one attached hydrogen (secondary N) is 1. The predicted molar refractivity (Wildman–Crippen MR) is 85.8 cm³/mol. The number of nitrogens with zero attached hydrogens (tertiary/aromatic N) is 2. The summed E-state index contributed by atoms with van der Waals surface area (Å²) in [6, 6.07) is 0. The van der Waals surface area contributed by atoms with Gasteiger partial charge in [0.2, 0.25) is 0 Å². The Kier molecular flexibility index (Phi) is 4.53. The largest absolute Gasteiger partial charge is 0.379 e. The van der Waals surface area contributed by atoms with Gasteiger partial charge in [0, 0.05) is 13.1 Å². The van der Waals surface area contributed by atoms with Crippen molar-refractivity contribution in [3.63, 3.8) is 0 Å². The number of halogens is 1. The van der Waals surface area contributed by atoms with Gasteiger partial charge >= 0.3 is 0 Å². The van der Waals surface area contributed by atoms with Crippen LogP contribution in [0.1, 0.15) is 45.4 Å². The molecule has 4 nitrogen and oxygen atoms in total. The van der Waals surface area contributed by atoms with Gasteiger partial charge in [-0.1, -0.05) is 31.4 Å². The molecule has 0 saturated heterocycles. The minimum atomic E-state index is -0.0708. The van der Waals surface area contributed by atoms with Crippen LogP contribution in [0.25, 0.3) is 0 Å². The Morgan fingerprint density at radius 1 is 1.24 bits per heavy atom. The van der Waals surface area contributed by atoms with E-state index in [1.165, 1.54) is 38.5 Å². The molecule has 0 aromatic carbocycles. The summed E-state index contributed by atoms with van der Waals surface area (Å²) in [7, 11) is 0. The lowest BCUT2D eigenvalue weighted by Crippen LogP contribution is -2.29. The Hall–Kier alpha value is -1.03. The zero-order valence-corrected chi connectivity index (χ0v) is 13.4. The van der Waals surface area contributed by atoms with E-state index in [1.807, 2.05) is 0 Å². The third kappa shape index (κ3) is 3.79. The molecular formula is C16H24ClN3O. The second-order valence-corrected chi connectivity index (χ2v) is 7.21. The zero-order valence-electron chi connectivity index (χ0n) is 12.6. The van der Waals surface area contributed by atoms with Gasteiger partial charge in [0.1, 0.15) is 5.69 Å². The van der Waals surface area contributed by atoms with Crippen molar-refractivity contribution >= 4 is 17.3 Å². The van der Waals surface area contributed by atoms with Gasteiger partial charge in [0.15, 0.2) is 0 Å². The highest BCUT2D eigenvalue weighted by Crippen LogP contribution is 2.30. The van der Waals surface area contributed by atoms with Crippen molar-refractivity contribution in [2.45, 2.75) is 52.0 Å². The van der Waals surface area contributed by atoms with Crippen LogP contribution in [-0.2, 0) is 6.54 Å². The first-order chi connectivity index (χ1) is 10.1. The van der Waals surface area contributed by atoms with Gasteiger partial charge in [0.05, 0.1) is 11.2 Å². The van der Waals surface area contributed by atoms with Crippen LogP contribution in [0.2, 0.25) is 5.02 Å². The molecule has 1 aromatic rings. The summed E-state index contributed by atoms with van der Waals surface area (Å²) in [5.41, 5.74) is 0.463. The van der Waals surface area contributed by atoms with E-state index >= 15 is 0 Å².